The average molecular weight is 330 g/mol. The number of thiazole rings is 1. The topological polar surface area (TPSA) is 67.3 Å². The fourth-order valence-corrected chi connectivity index (χ4v) is 2.93. The van der Waals surface area contributed by atoms with Crippen LogP contribution in [0.3, 0.4) is 0 Å². The molecule has 7 heteroatoms. The van der Waals surface area contributed by atoms with Gasteiger partial charge in [0, 0.05) is 35.5 Å². The van der Waals surface area contributed by atoms with Gasteiger partial charge in [-0.25, -0.2) is 13.4 Å². The summed E-state index contributed by atoms with van der Waals surface area (Å²) in [7, 11) is -3.10. The third-order valence-electron chi connectivity index (χ3n) is 2.79. The summed E-state index contributed by atoms with van der Waals surface area (Å²) in [6.07, 6.45) is 6.07. The molecule has 1 rings (SSSR count). The number of hydrogen-bond donors (Lipinski definition) is 0. The summed E-state index contributed by atoms with van der Waals surface area (Å²) in [5, 5.41) is 0.937. The largest absolute Gasteiger partial charge is 0.333 e. The van der Waals surface area contributed by atoms with E-state index in [9.17, 15) is 13.2 Å². The third kappa shape index (κ3) is 6.39. The summed E-state index contributed by atoms with van der Waals surface area (Å²) in [6, 6.07) is 0. The smallest absolute Gasteiger partial charge is 0.247 e. The number of carbonyl (C=O) groups excluding carboxylic acids is 1. The zero-order valence-electron chi connectivity index (χ0n) is 13.1. The second-order valence-electron chi connectivity index (χ2n) is 5.91. The summed E-state index contributed by atoms with van der Waals surface area (Å²) < 4.78 is 22.6. The zero-order valence-corrected chi connectivity index (χ0v) is 14.7. The van der Waals surface area contributed by atoms with Crippen molar-refractivity contribution in [2.45, 2.75) is 33.2 Å². The number of rotatable bonds is 5. The molecule has 0 radical (unpaired) electrons. The molecule has 21 heavy (non-hydrogen) atoms. The van der Waals surface area contributed by atoms with Gasteiger partial charge in [0.25, 0.3) is 0 Å². The van der Waals surface area contributed by atoms with E-state index in [1.807, 2.05) is 27.7 Å². The molecule has 0 saturated heterocycles. The lowest BCUT2D eigenvalue weighted by atomic mass is 10.1. The number of amides is 1. The summed E-state index contributed by atoms with van der Waals surface area (Å²) in [5.41, 5.74) is -0.435. The molecule has 0 atom stereocenters. The van der Waals surface area contributed by atoms with Crippen LogP contribution in [0.1, 0.15) is 30.7 Å². The van der Waals surface area contributed by atoms with Crippen molar-refractivity contribution in [1.29, 1.82) is 0 Å². The van der Waals surface area contributed by atoms with Gasteiger partial charge >= 0.3 is 0 Å². The van der Waals surface area contributed by atoms with Crippen LogP contribution in [0, 0.1) is 6.92 Å². The SMILES string of the molecule is Cc1ncc(/C=C/C(=O)N(CCS(C)(=O)=O)C(C)(C)C)s1. The quantitative estimate of drug-likeness (QED) is 0.776. The lowest BCUT2D eigenvalue weighted by molar-refractivity contribution is -0.130. The van der Waals surface area contributed by atoms with E-state index < -0.39 is 15.4 Å². The van der Waals surface area contributed by atoms with Crippen LogP contribution in [0.4, 0.5) is 0 Å². The van der Waals surface area contributed by atoms with Crippen molar-refractivity contribution in [3.63, 3.8) is 0 Å². The highest BCUT2D eigenvalue weighted by atomic mass is 32.2. The summed E-state index contributed by atoms with van der Waals surface area (Å²) in [5.74, 6) is -0.235. The van der Waals surface area contributed by atoms with Gasteiger partial charge in [-0.2, -0.15) is 0 Å². The van der Waals surface area contributed by atoms with E-state index in [4.69, 9.17) is 0 Å². The van der Waals surface area contributed by atoms with E-state index in [0.717, 1.165) is 9.88 Å². The molecule has 0 unspecified atom stereocenters. The molecule has 0 N–H and O–H groups in total. The normalized spacial score (nSPS) is 12.8. The maximum absolute atomic E-state index is 12.3. The Labute approximate surface area is 130 Å². The number of hydrogen-bond acceptors (Lipinski definition) is 5. The van der Waals surface area contributed by atoms with Crippen LogP contribution in [-0.2, 0) is 14.6 Å². The van der Waals surface area contributed by atoms with Crippen molar-refractivity contribution in [2.75, 3.05) is 18.6 Å². The van der Waals surface area contributed by atoms with Crippen LogP contribution in [0.25, 0.3) is 6.08 Å². The first-order valence-electron chi connectivity index (χ1n) is 6.59. The number of sulfone groups is 1. The van der Waals surface area contributed by atoms with Crippen LogP contribution in [0.5, 0.6) is 0 Å². The minimum atomic E-state index is -3.10. The molecule has 0 fully saturated rings. The van der Waals surface area contributed by atoms with E-state index in [1.165, 1.54) is 23.7 Å². The second-order valence-corrected chi connectivity index (χ2v) is 9.43. The first-order valence-corrected chi connectivity index (χ1v) is 9.46. The molecule has 5 nitrogen and oxygen atoms in total. The molecule has 0 aliphatic carbocycles. The Morgan fingerprint density at radius 3 is 2.48 bits per heavy atom. The molecule has 118 valence electrons. The third-order valence-corrected chi connectivity index (χ3v) is 4.59. The standard InChI is InChI=1S/C14H22N2O3S2/c1-11-15-10-12(20-11)6-7-13(17)16(14(2,3)4)8-9-21(5,18)19/h6-7,10H,8-9H2,1-5H3/b7-6+. The van der Waals surface area contributed by atoms with Gasteiger partial charge in [-0.15, -0.1) is 11.3 Å². The van der Waals surface area contributed by atoms with E-state index in [0.29, 0.717) is 0 Å². The van der Waals surface area contributed by atoms with Crippen molar-refractivity contribution in [3.05, 3.63) is 22.2 Å². The Morgan fingerprint density at radius 1 is 1.43 bits per heavy atom. The fraction of sp³-hybridized carbons (Fsp3) is 0.571. The molecular weight excluding hydrogens is 308 g/mol. The molecule has 1 heterocycles. The van der Waals surface area contributed by atoms with E-state index in [1.54, 1.807) is 17.2 Å². The summed E-state index contributed by atoms with van der Waals surface area (Å²) >= 11 is 1.50. The van der Waals surface area contributed by atoms with Crippen LogP contribution in [0.2, 0.25) is 0 Å². The van der Waals surface area contributed by atoms with Gasteiger partial charge in [-0.3, -0.25) is 4.79 Å². The molecule has 0 aliphatic rings. The lowest BCUT2D eigenvalue weighted by Gasteiger charge is -2.34. The second kappa shape index (κ2) is 6.70. The molecule has 1 amide bonds. The van der Waals surface area contributed by atoms with E-state index in [-0.39, 0.29) is 18.2 Å². The van der Waals surface area contributed by atoms with Gasteiger partial charge in [0.1, 0.15) is 9.84 Å². The van der Waals surface area contributed by atoms with E-state index >= 15 is 0 Å². The van der Waals surface area contributed by atoms with Gasteiger partial charge < -0.3 is 4.90 Å². The summed E-state index contributed by atoms with van der Waals surface area (Å²) in [4.78, 5) is 18.9. The highest BCUT2D eigenvalue weighted by molar-refractivity contribution is 7.90. The molecule has 0 aromatic carbocycles. The van der Waals surface area contributed by atoms with Crippen LogP contribution >= 0.6 is 11.3 Å². The minimum Gasteiger partial charge on any atom is -0.333 e. The molecule has 1 aromatic heterocycles. The maximum atomic E-state index is 12.3. The Kier molecular flexibility index (Phi) is 5.69. The monoisotopic (exact) mass is 330 g/mol. The predicted octanol–water partition coefficient (Wildman–Crippen LogP) is 2.14. The van der Waals surface area contributed by atoms with Gasteiger partial charge in [0.2, 0.25) is 5.91 Å². The average Bonchev–Trinajstić information content (AvgIpc) is 2.69. The van der Waals surface area contributed by atoms with Crippen molar-refractivity contribution in [2.24, 2.45) is 0 Å². The Balaban J connectivity index is 2.83. The van der Waals surface area contributed by atoms with Crippen LogP contribution < -0.4 is 0 Å². The van der Waals surface area contributed by atoms with Crippen molar-refractivity contribution in [3.8, 4) is 0 Å². The van der Waals surface area contributed by atoms with E-state index in [2.05, 4.69) is 4.98 Å². The number of aromatic nitrogens is 1. The maximum Gasteiger partial charge on any atom is 0.247 e. The zero-order chi connectivity index (χ0) is 16.3. The highest BCUT2D eigenvalue weighted by Gasteiger charge is 2.25. The van der Waals surface area contributed by atoms with Crippen LogP contribution in [0.15, 0.2) is 12.3 Å². The molecule has 0 saturated carbocycles. The number of aryl methyl sites for hydroxylation is 1. The number of carbonyl (C=O) groups is 1. The van der Waals surface area contributed by atoms with Gasteiger partial charge in [-0.1, -0.05) is 0 Å². The van der Waals surface area contributed by atoms with Crippen molar-refractivity contribution < 1.29 is 13.2 Å². The highest BCUT2D eigenvalue weighted by Crippen LogP contribution is 2.16. The van der Waals surface area contributed by atoms with Crippen molar-refractivity contribution in [1.82, 2.24) is 9.88 Å². The Hall–Kier alpha value is -1.21. The Bertz CT molecular complexity index is 625. The first-order chi connectivity index (χ1) is 9.49. The predicted molar refractivity (Wildman–Crippen MR) is 87.1 cm³/mol. The molecule has 1 aromatic rings. The number of nitrogens with zero attached hydrogens (tertiary/aromatic N) is 2. The molecule has 0 spiro atoms. The molecular formula is C14H22N2O3S2. The fourth-order valence-electron chi connectivity index (χ4n) is 1.73. The molecule has 0 bridgehead atoms. The van der Waals surface area contributed by atoms with Crippen molar-refractivity contribution >= 4 is 33.2 Å². The first kappa shape index (κ1) is 17.8. The van der Waals surface area contributed by atoms with Gasteiger partial charge in [0.15, 0.2) is 0 Å². The minimum absolute atomic E-state index is 0.0382. The van der Waals surface area contributed by atoms with Gasteiger partial charge in [0.05, 0.1) is 10.8 Å². The molecule has 0 aliphatic heterocycles. The van der Waals surface area contributed by atoms with Crippen LogP contribution in [-0.4, -0.2) is 48.3 Å². The lowest BCUT2D eigenvalue weighted by Crippen LogP contribution is -2.47. The van der Waals surface area contributed by atoms with Gasteiger partial charge in [-0.05, 0) is 33.8 Å². The Morgan fingerprint density at radius 2 is 2.05 bits per heavy atom. The summed E-state index contributed by atoms with van der Waals surface area (Å²) in [6.45, 7) is 7.75.